The summed E-state index contributed by atoms with van der Waals surface area (Å²) < 4.78 is 28.5. The van der Waals surface area contributed by atoms with Crippen LogP contribution in [0.25, 0.3) is 20.3 Å². The summed E-state index contributed by atoms with van der Waals surface area (Å²) in [7, 11) is 0. The molecule has 0 aliphatic heterocycles. The molecule has 0 aliphatic rings. The summed E-state index contributed by atoms with van der Waals surface area (Å²) in [4.78, 5) is 29.1. The number of nitrogens with zero attached hydrogens (tertiary/aromatic N) is 2. The molecule has 2 aromatic carbocycles. The van der Waals surface area contributed by atoms with Gasteiger partial charge in [0.25, 0.3) is 5.56 Å². The Labute approximate surface area is 159 Å². The predicted molar refractivity (Wildman–Crippen MR) is 101 cm³/mol. The quantitative estimate of drug-likeness (QED) is 0.556. The summed E-state index contributed by atoms with van der Waals surface area (Å²) in [6.45, 7) is -0.317. The van der Waals surface area contributed by atoms with Crippen LogP contribution in [0.5, 0.6) is 0 Å². The second-order valence-electron chi connectivity index (χ2n) is 5.75. The van der Waals surface area contributed by atoms with Crippen LogP contribution in [0, 0.1) is 11.6 Å². The molecule has 9 heteroatoms. The van der Waals surface area contributed by atoms with Gasteiger partial charge in [-0.3, -0.25) is 14.2 Å². The van der Waals surface area contributed by atoms with E-state index < -0.39 is 17.5 Å². The van der Waals surface area contributed by atoms with Crippen molar-refractivity contribution in [3.05, 3.63) is 69.7 Å². The zero-order chi connectivity index (χ0) is 19.1. The summed E-state index contributed by atoms with van der Waals surface area (Å²) >= 11 is 7.45. The van der Waals surface area contributed by atoms with E-state index >= 15 is 0 Å². The Kier molecular flexibility index (Phi) is 4.37. The molecule has 4 aromatic rings. The van der Waals surface area contributed by atoms with Gasteiger partial charge in [0.15, 0.2) is 11.6 Å². The molecule has 2 heterocycles. The lowest BCUT2D eigenvalue weighted by Gasteiger charge is -2.07. The Hall–Kier alpha value is -2.84. The van der Waals surface area contributed by atoms with Gasteiger partial charge in [0.05, 0.1) is 16.9 Å². The van der Waals surface area contributed by atoms with E-state index in [1.807, 2.05) is 6.07 Å². The molecule has 5 nitrogen and oxygen atoms in total. The Morgan fingerprint density at radius 1 is 1.22 bits per heavy atom. The number of benzene rings is 2. The van der Waals surface area contributed by atoms with Crippen LogP contribution >= 0.6 is 22.9 Å². The minimum absolute atomic E-state index is 0.0923. The lowest BCUT2D eigenvalue weighted by molar-refractivity contribution is -0.116. The largest absolute Gasteiger partial charge is 0.324 e. The van der Waals surface area contributed by atoms with Crippen molar-refractivity contribution >= 4 is 54.8 Å². The predicted octanol–water partition coefficient (Wildman–Crippen LogP) is 4.18. The van der Waals surface area contributed by atoms with Gasteiger partial charge in [-0.1, -0.05) is 17.7 Å². The van der Waals surface area contributed by atoms with E-state index in [9.17, 15) is 18.4 Å². The highest BCUT2D eigenvalue weighted by Gasteiger charge is 2.15. The summed E-state index contributed by atoms with van der Waals surface area (Å²) in [5.74, 6) is -2.65. The minimum atomic E-state index is -1.07. The molecule has 1 N–H and O–H groups in total. The molecular formula is C18H10ClF2N3O2S. The number of nitrogens with one attached hydrogen (secondary N) is 1. The first kappa shape index (κ1) is 17.6. The van der Waals surface area contributed by atoms with Crippen molar-refractivity contribution in [1.82, 2.24) is 9.55 Å². The van der Waals surface area contributed by atoms with Crippen molar-refractivity contribution in [3.63, 3.8) is 0 Å². The van der Waals surface area contributed by atoms with Gasteiger partial charge in [-0.05, 0) is 24.3 Å². The molecule has 2 aromatic heterocycles. The summed E-state index contributed by atoms with van der Waals surface area (Å²) in [5, 5.41) is 3.62. The van der Waals surface area contributed by atoms with E-state index in [0.717, 1.165) is 21.4 Å². The van der Waals surface area contributed by atoms with Crippen LogP contribution in [0.2, 0.25) is 5.02 Å². The highest BCUT2D eigenvalue weighted by atomic mass is 35.5. The van der Waals surface area contributed by atoms with Crippen molar-refractivity contribution < 1.29 is 13.6 Å². The maximum atomic E-state index is 13.2. The van der Waals surface area contributed by atoms with Crippen LogP contribution in [-0.2, 0) is 11.3 Å². The highest BCUT2D eigenvalue weighted by molar-refractivity contribution is 7.25. The molecule has 0 atom stereocenters. The summed E-state index contributed by atoms with van der Waals surface area (Å²) in [6, 6.07) is 8.35. The average Bonchev–Trinajstić information content (AvgIpc) is 3.01. The van der Waals surface area contributed by atoms with Gasteiger partial charge >= 0.3 is 0 Å². The number of hydrogen-bond donors (Lipinski definition) is 1. The van der Waals surface area contributed by atoms with Crippen LogP contribution in [0.1, 0.15) is 0 Å². The van der Waals surface area contributed by atoms with Crippen LogP contribution < -0.4 is 10.9 Å². The first-order valence-corrected chi connectivity index (χ1v) is 8.94. The molecule has 27 heavy (non-hydrogen) atoms. The fourth-order valence-corrected chi connectivity index (χ4v) is 4.16. The second kappa shape index (κ2) is 6.71. The molecule has 0 saturated heterocycles. The SMILES string of the molecule is O=C(Cn1cnc2c(sc3cccc(Cl)c32)c1=O)Nc1ccc(F)c(F)c1. The van der Waals surface area contributed by atoms with Crippen molar-refractivity contribution in [3.8, 4) is 0 Å². The standard InChI is InChI=1S/C18H10ClF2N3O2S/c19-10-2-1-3-13-15(10)16-17(27-13)18(26)24(8-22-16)7-14(25)23-9-4-5-11(20)12(21)6-9/h1-6,8H,7H2,(H,23,25). The Bertz CT molecular complexity index is 1270. The molecule has 4 rings (SSSR count). The zero-order valence-electron chi connectivity index (χ0n) is 13.5. The third-order valence-electron chi connectivity index (χ3n) is 3.94. The lowest BCUT2D eigenvalue weighted by atomic mass is 10.2. The molecular weight excluding hydrogens is 396 g/mol. The van der Waals surface area contributed by atoms with Gasteiger partial charge in [-0.15, -0.1) is 11.3 Å². The Morgan fingerprint density at radius 2 is 2.04 bits per heavy atom. The third-order valence-corrected chi connectivity index (χ3v) is 5.39. The molecule has 0 spiro atoms. The molecule has 0 bridgehead atoms. The maximum absolute atomic E-state index is 13.2. The molecule has 0 unspecified atom stereocenters. The monoisotopic (exact) mass is 405 g/mol. The van der Waals surface area contributed by atoms with Gasteiger partial charge in [0.1, 0.15) is 11.2 Å². The van der Waals surface area contributed by atoms with E-state index in [-0.39, 0.29) is 17.8 Å². The fourth-order valence-electron chi connectivity index (χ4n) is 2.71. The normalized spacial score (nSPS) is 11.2. The van der Waals surface area contributed by atoms with Crippen LogP contribution in [-0.4, -0.2) is 15.5 Å². The summed E-state index contributed by atoms with van der Waals surface area (Å²) in [5.41, 5.74) is 0.204. The van der Waals surface area contributed by atoms with E-state index in [1.165, 1.54) is 23.7 Å². The van der Waals surface area contributed by atoms with E-state index in [0.29, 0.717) is 20.6 Å². The maximum Gasteiger partial charge on any atom is 0.271 e. The second-order valence-corrected chi connectivity index (χ2v) is 7.21. The molecule has 0 saturated carbocycles. The average molecular weight is 406 g/mol. The number of halogens is 3. The van der Waals surface area contributed by atoms with Crippen molar-refractivity contribution in [2.24, 2.45) is 0 Å². The topological polar surface area (TPSA) is 64.0 Å². The van der Waals surface area contributed by atoms with Crippen LogP contribution in [0.4, 0.5) is 14.5 Å². The molecule has 1 amide bonds. The lowest BCUT2D eigenvalue weighted by Crippen LogP contribution is -2.27. The van der Waals surface area contributed by atoms with Crippen molar-refractivity contribution in [2.45, 2.75) is 6.54 Å². The fraction of sp³-hybridized carbons (Fsp3) is 0.0556. The highest BCUT2D eigenvalue weighted by Crippen LogP contribution is 2.34. The zero-order valence-corrected chi connectivity index (χ0v) is 15.1. The number of fused-ring (bicyclic) bond motifs is 3. The van der Waals surface area contributed by atoms with Crippen molar-refractivity contribution in [1.29, 1.82) is 0 Å². The van der Waals surface area contributed by atoms with Gasteiger partial charge in [0.2, 0.25) is 5.91 Å². The van der Waals surface area contributed by atoms with E-state index in [4.69, 9.17) is 11.6 Å². The number of amides is 1. The van der Waals surface area contributed by atoms with E-state index in [1.54, 1.807) is 12.1 Å². The Morgan fingerprint density at radius 3 is 2.81 bits per heavy atom. The van der Waals surface area contributed by atoms with Crippen molar-refractivity contribution in [2.75, 3.05) is 5.32 Å². The van der Waals surface area contributed by atoms with Gasteiger partial charge in [0, 0.05) is 21.8 Å². The smallest absolute Gasteiger partial charge is 0.271 e. The molecule has 0 fully saturated rings. The van der Waals surface area contributed by atoms with Crippen LogP contribution in [0.3, 0.4) is 0 Å². The first-order valence-electron chi connectivity index (χ1n) is 7.75. The van der Waals surface area contributed by atoms with Gasteiger partial charge in [-0.25, -0.2) is 13.8 Å². The molecule has 0 radical (unpaired) electrons. The number of rotatable bonds is 3. The first-order chi connectivity index (χ1) is 12.9. The number of carbonyl (C=O) groups is 1. The number of carbonyl (C=O) groups excluding carboxylic acids is 1. The number of anilines is 1. The van der Waals surface area contributed by atoms with E-state index in [2.05, 4.69) is 10.3 Å². The number of hydrogen-bond acceptors (Lipinski definition) is 4. The number of thiophene rings is 1. The van der Waals surface area contributed by atoms with Crippen LogP contribution in [0.15, 0.2) is 47.5 Å². The molecule has 0 aliphatic carbocycles. The molecule has 136 valence electrons. The van der Waals surface area contributed by atoms with Gasteiger partial charge < -0.3 is 5.32 Å². The minimum Gasteiger partial charge on any atom is -0.324 e. The summed E-state index contributed by atoms with van der Waals surface area (Å²) in [6.07, 6.45) is 1.27. The third kappa shape index (κ3) is 3.17. The van der Waals surface area contributed by atoms with Gasteiger partial charge in [-0.2, -0.15) is 0 Å². The number of aromatic nitrogens is 2. The Balaban J connectivity index is 1.66.